The van der Waals surface area contributed by atoms with Crippen LogP contribution < -0.4 is 0 Å². The predicted molar refractivity (Wildman–Crippen MR) is 147 cm³/mol. The van der Waals surface area contributed by atoms with Crippen LogP contribution in [0.2, 0.25) is 0 Å². The summed E-state index contributed by atoms with van der Waals surface area (Å²) in [5.74, 6) is -1.31. The highest BCUT2D eigenvalue weighted by atomic mass is 16.7. The van der Waals surface area contributed by atoms with Crippen molar-refractivity contribution in [3.8, 4) is 0 Å². The maximum absolute atomic E-state index is 10.8. The Balaban J connectivity index is 2.36. The Hall–Kier alpha value is -0.240. The second-order valence-corrected chi connectivity index (χ2v) is 11.0. The Labute approximate surface area is 222 Å². The molecule has 0 bridgehead atoms. The summed E-state index contributed by atoms with van der Waals surface area (Å²) >= 11 is 0. The molecular weight excluding hydrogens is 456 g/mol. The van der Waals surface area contributed by atoms with Gasteiger partial charge in [0.1, 0.15) is 24.4 Å². The van der Waals surface area contributed by atoms with Crippen molar-refractivity contribution < 1.29 is 29.9 Å². The van der Waals surface area contributed by atoms with Crippen LogP contribution in [0.15, 0.2) is 0 Å². The standard InChI is InChI=1S/C30H60O6/c1-3-5-7-9-11-13-15-17-19-21-23-30(29(34)27(33)28(36-30)26(32)25-31)35-24-22-20-18-16-14-12-10-8-6-4-2/h26-29,31-34H,3-25H2,1-2H3/t26-,27+,28+,29-,30-/m1/s1. The Morgan fingerprint density at radius 3 is 1.53 bits per heavy atom. The van der Waals surface area contributed by atoms with E-state index < -0.39 is 36.8 Å². The number of hydrogen-bond acceptors (Lipinski definition) is 6. The molecular formula is C30H60O6. The third-order valence-electron chi connectivity index (χ3n) is 7.74. The van der Waals surface area contributed by atoms with Crippen molar-refractivity contribution in [3.63, 3.8) is 0 Å². The largest absolute Gasteiger partial charge is 0.394 e. The highest BCUT2D eigenvalue weighted by Gasteiger charge is 2.56. The molecule has 1 rings (SSSR count). The third-order valence-corrected chi connectivity index (χ3v) is 7.74. The van der Waals surface area contributed by atoms with E-state index >= 15 is 0 Å². The predicted octanol–water partition coefficient (Wildman–Crippen LogP) is 6.41. The summed E-state index contributed by atoms with van der Waals surface area (Å²) < 4.78 is 12.1. The average molecular weight is 517 g/mol. The summed E-state index contributed by atoms with van der Waals surface area (Å²) in [6, 6.07) is 0. The Kier molecular flexibility index (Phi) is 20.3. The first-order chi connectivity index (χ1) is 17.5. The lowest BCUT2D eigenvalue weighted by molar-refractivity contribution is -0.270. The van der Waals surface area contributed by atoms with Crippen LogP contribution in [0.3, 0.4) is 0 Å². The SMILES string of the molecule is CCCCCCCCCCCCO[C@]1(CCCCCCCCCCCC)O[C@@H]([C@H](O)CO)[C@H](O)[C@H]1O. The number of aliphatic hydroxyl groups excluding tert-OH is 4. The van der Waals surface area contributed by atoms with Crippen LogP contribution in [-0.4, -0.2) is 63.8 Å². The molecule has 1 aliphatic rings. The maximum atomic E-state index is 10.8. The molecule has 0 spiro atoms. The van der Waals surface area contributed by atoms with Crippen molar-refractivity contribution in [1.82, 2.24) is 0 Å². The number of unbranched alkanes of at least 4 members (excludes halogenated alkanes) is 18. The first-order valence-electron chi connectivity index (χ1n) is 15.5. The molecule has 0 aromatic carbocycles. The number of hydrogen-bond donors (Lipinski definition) is 4. The van der Waals surface area contributed by atoms with E-state index in [1.807, 2.05) is 0 Å². The van der Waals surface area contributed by atoms with Gasteiger partial charge in [0.2, 0.25) is 0 Å². The summed E-state index contributed by atoms with van der Waals surface area (Å²) in [5.41, 5.74) is 0. The summed E-state index contributed by atoms with van der Waals surface area (Å²) in [6.07, 6.45) is 20.1. The van der Waals surface area contributed by atoms with Crippen molar-refractivity contribution in [2.75, 3.05) is 13.2 Å². The highest BCUT2D eigenvalue weighted by Crippen LogP contribution is 2.38. The average Bonchev–Trinajstić information content (AvgIpc) is 3.13. The zero-order chi connectivity index (χ0) is 26.5. The minimum absolute atomic E-state index is 0.458. The van der Waals surface area contributed by atoms with Crippen LogP contribution in [0.5, 0.6) is 0 Å². The fourth-order valence-electron chi connectivity index (χ4n) is 5.31. The highest BCUT2D eigenvalue weighted by molar-refractivity contribution is 4.99. The zero-order valence-electron chi connectivity index (χ0n) is 23.7. The van der Waals surface area contributed by atoms with E-state index in [1.54, 1.807) is 0 Å². The van der Waals surface area contributed by atoms with Crippen LogP contribution in [0.1, 0.15) is 149 Å². The van der Waals surface area contributed by atoms with E-state index in [0.717, 1.165) is 32.1 Å². The van der Waals surface area contributed by atoms with Crippen LogP contribution in [0.25, 0.3) is 0 Å². The molecule has 4 N–H and O–H groups in total. The zero-order valence-corrected chi connectivity index (χ0v) is 23.7. The summed E-state index contributed by atoms with van der Waals surface area (Å²) in [6.45, 7) is 4.42. The normalized spacial score (nSPS) is 25.0. The van der Waals surface area contributed by atoms with Gasteiger partial charge in [-0.05, 0) is 12.8 Å². The van der Waals surface area contributed by atoms with Crippen LogP contribution in [0, 0.1) is 0 Å². The molecule has 1 fully saturated rings. The molecule has 0 aromatic heterocycles. The molecule has 216 valence electrons. The molecule has 0 unspecified atom stereocenters. The van der Waals surface area contributed by atoms with E-state index in [2.05, 4.69) is 13.8 Å². The lowest BCUT2D eigenvalue weighted by atomic mass is 9.97. The second kappa shape index (κ2) is 21.7. The summed E-state index contributed by atoms with van der Waals surface area (Å²) in [5, 5.41) is 40.8. The van der Waals surface area contributed by atoms with Gasteiger partial charge in [-0.15, -0.1) is 0 Å². The Bertz CT molecular complexity index is 490. The van der Waals surface area contributed by atoms with Gasteiger partial charge in [-0.2, -0.15) is 0 Å². The van der Waals surface area contributed by atoms with Crippen molar-refractivity contribution in [1.29, 1.82) is 0 Å². The van der Waals surface area contributed by atoms with E-state index in [0.29, 0.717) is 13.0 Å². The molecule has 6 heteroatoms. The van der Waals surface area contributed by atoms with Gasteiger partial charge >= 0.3 is 0 Å². The molecule has 0 amide bonds. The van der Waals surface area contributed by atoms with Crippen LogP contribution >= 0.6 is 0 Å². The van der Waals surface area contributed by atoms with E-state index in [9.17, 15) is 20.4 Å². The van der Waals surface area contributed by atoms with E-state index in [-0.39, 0.29) is 0 Å². The van der Waals surface area contributed by atoms with Crippen LogP contribution in [-0.2, 0) is 9.47 Å². The Morgan fingerprint density at radius 2 is 1.08 bits per heavy atom. The number of ether oxygens (including phenoxy) is 2. The quantitative estimate of drug-likeness (QED) is 0.105. The van der Waals surface area contributed by atoms with Gasteiger partial charge in [-0.3, -0.25) is 0 Å². The Morgan fingerprint density at radius 1 is 0.667 bits per heavy atom. The van der Waals surface area contributed by atoms with Gasteiger partial charge in [0.25, 0.3) is 0 Å². The fraction of sp³-hybridized carbons (Fsp3) is 1.00. The molecule has 0 saturated carbocycles. The molecule has 0 aliphatic carbocycles. The van der Waals surface area contributed by atoms with Gasteiger partial charge < -0.3 is 29.9 Å². The topological polar surface area (TPSA) is 99.4 Å². The molecule has 1 saturated heterocycles. The third kappa shape index (κ3) is 13.5. The number of rotatable bonds is 25. The van der Waals surface area contributed by atoms with Gasteiger partial charge in [0.15, 0.2) is 5.79 Å². The van der Waals surface area contributed by atoms with Gasteiger partial charge in [0, 0.05) is 6.42 Å². The van der Waals surface area contributed by atoms with Crippen molar-refractivity contribution in [2.24, 2.45) is 0 Å². The van der Waals surface area contributed by atoms with Gasteiger partial charge in [-0.1, -0.05) is 129 Å². The monoisotopic (exact) mass is 516 g/mol. The van der Waals surface area contributed by atoms with Gasteiger partial charge in [0.05, 0.1) is 13.2 Å². The summed E-state index contributed by atoms with van der Waals surface area (Å²) in [7, 11) is 0. The van der Waals surface area contributed by atoms with Crippen molar-refractivity contribution >= 4 is 0 Å². The molecule has 1 aliphatic heterocycles. The fourth-order valence-corrected chi connectivity index (χ4v) is 5.31. The van der Waals surface area contributed by atoms with Gasteiger partial charge in [-0.25, -0.2) is 0 Å². The summed E-state index contributed by atoms with van der Waals surface area (Å²) in [4.78, 5) is 0. The van der Waals surface area contributed by atoms with E-state index in [1.165, 1.54) is 96.3 Å². The molecule has 6 nitrogen and oxygen atoms in total. The number of aliphatic hydroxyl groups is 4. The molecule has 0 aromatic rings. The maximum Gasteiger partial charge on any atom is 0.197 e. The molecule has 0 radical (unpaired) electrons. The second-order valence-electron chi connectivity index (χ2n) is 11.0. The first kappa shape index (κ1) is 33.8. The minimum Gasteiger partial charge on any atom is -0.394 e. The van der Waals surface area contributed by atoms with E-state index in [4.69, 9.17) is 9.47 Å². The molecule has 36 heavy (non-hydrogen) atoms. The molecule has 1 heterocycles. The lowest BCUT2D eigenvalue weighted by Crippen LogP contribution is -2.46. The lowest BCUT2D eigenvalue weighted by Gasteiger charge is -2.32. The minimum atomic E-state index is -1.31. The smallest absolute Gasteiger partial charge is 0.197 e. The van der Waals surface area contributed by atoms with Crippen LogP contribution in [0.4, 0.5) is 0 Å². The van der Waals surface area contributed by atoms with Crippen molar-refractivity contribution in [3.05, 3.63) is 0 Å². The molecule has 5 atom stereocenters. The first-order valence-corrected chi connectivity index (χ1v) is 15.5. The van der Waals surface area contributed by atoms with Crippen molar-refractivity contribution in [2.45, 2.75) is 179 Å².